The monoisotopic (exact) mass is 507 g/mol. The van der Waals surface area contributed by atoms with Crippen LogP contribution < -0.4 is 16.3 Å². The molecular weight excluding hydrogens is 478 g/mol. The van der Waals surface area contributed by atoms with Crippen molar-refractivity contribution < 1.29 is 4.79 Å². The normalized spacial score (nSPS) is 24.9. The van der Waals surface area contributed by atoms with Gasteiger partial charge in [-0.25, -0.2) is 4.99 Å². The van der Waals surface area contributed by atoms with Gasteiger partial charge in [0.05, 0.1) is 22.9 Å². The highest BCUT2D eigenvalue weighted by Crippen LogP contribution is 2.46. The van der Waals surface area contributed by atoms with Gasteiger partial charge in [0, 0.05) is 18.5 Å². The topological polar surface area (TPSA) is 94.8 Å². The molecule has 37 heavy (non-hydrogen) atoms. The molecule has 3 aliphatic rings. The van der Waals surface area contributed by atoms with Crippen LogP contribution in [-0.4, -0.2) is 30.4 Å². The number of likely N-dealkylation sites (N-methyl/N-ethyl adjacent to an activating group) is 1. The zero-order valence-corrected chi connectivity index (χ0v) is 21.8. The lowest BCUT2D eigenvalue weighted by atomic mass is 9.77. The van der Waals surface area contributed by atoms with Crippen molar-refractivity contribution in [2.24, 2.45) is 27.6 Å². The molecule has 2 N–H and O–H groups in total. The summed E-state index contributed by atoms with van der Waals surface area (Å²) < 4.78 is 0. The van der Waals surface area contributed by atoms with Gasteiger partial charge in [0.2, 0.25) is 5.91 Å². The van der Waals surface area contributed by atoms with Crippen molar-refractivity contribution in [1.29, 1.82) is 5.26 Å². The summed E-state index contributed by atoms with van der Waals surface area (Å²) >= 11 is 1.57. The molecule has 3 atom stereocenters. The number of rotatable bonds is 5. The second-order valence-electron chi connectivity index (χ2n) is 10.6. The minimum atomic E-state index is -0.864. The number of hydrogen-bond acceptors (Lipinski definition) is 6. The first-order valence-electron chi connectivity index (χ1n) is 12.7. The maximum Gasteiger partial charge on any atom is 0.239 e. The molecule has 0 spiro atoms. The van der Waals surface area contributed by atoms with Gasteiger partial charge in [-0.15, -0.1) is 11.3 Å². The number of amides is 1. The molecule has 1 aliphatic carbocycles. The van der Waals surface area contributed by atoms with E-state index < -0.39 is 11.5 Å². The number of benzene rings is 2. The maximum absolute atomic E-state index is 13.8. The van der Waals surface area contributed by atoms with E-state index in [1.807, 2.05) is 37.3 Å². The zero-order chi connectivity index (χ0) is 25.7. The number of guanidine groups is 1. The van der Waals surface area contributed by atoms with Crippen molar-refractivity contribution in [2.45, 2.75) is 37.6 Å². The Morgan fingerprint density at radius 1 is 1.19 bits per heavy atom. The summed E-state index contributed by atoms with van der Waals surface area (Å²) in [6.45, 7) is 2.84. The van der Waals surface area contributed by atoms with E-state index in [4.69, 9.17) is 15.7 Å². The van der Waals surface area contributed by atoms with Crippen LogP contribution in [0.3, 0.4) is 0 Å². The van der Waals surface area contributed by atoms with Gasteiger partial charge in [0.15, 0.2) is 5.96 Å². The van der Waals surface area contributed by atoms with E-state index in [0.717, 1.165) is 44.6 Å². The molecule has 1 aromatic heterocycles. The predicted octanol–water partition coefficient (Wildman–Crippen LogP) is 3.90. The predicted molar refractivity (Wildman–Crippen MR) is 146 cm³/mol. The van der Waals surface area contributed by atoms with E-state index in [1.54, 1.807) is 24.5 Å². The van der Waals surface area contributed by atoms with Gasteiger partial charge in [-0.05, 0) is 82.8 Å². The fraction of sp³-hybridized carbons (Fsp3) is 0.333. The summed E-state index contributed by atoms with van der Waals surface area (Å²) in [5.74, 6) is 0.929. The highest BCUT2D eigenvalue weighted by Gasteiger charge is 2.48. The van der Waals surface area contributed by atoms with Gasteiger partial charge in [-0.3, -0.25) is 14.7 Å². The average molecular weight is 508 g/mol. The number of nitrogens with two attached hydrogens (primary N) is 1. The summed E-state index contributed by atoms with van der Waals surface area (Å²) in [6, 6.07) is 18.0. The molecule has 1 fully saturated rings. The summed E-state index contributed by atoms with van der Waals surface area (Å²) in [6.07, 6.45) is 6.21. The molecule has 0 bridgehead atoms. The fourth-order valence-corrected chi connectivity index (χ4v) is 6.64. The van der Waals surface area contributed by atoms with Crippen LogP contribution in [0.15, 0.2) is 63.9 Å². The Kier molecular flexibility index (Phi) is 5.73. The Bertz CT molecular complexity index is 1590. The Morgan fingerprint density at radius 3 is 2.81 bits per heavy atom. The Balaban J connectivity index is 1.43. The molecule has 7 heteroatoms. The smallest absolute Gasteiger partial charge is 0.239 e. The number of fused-ring (bicyclic) bond motifs is 1. The lowest BCUT2D eigenvalue weighted by Crippen LogP contribution is -2.52. The maximum atomic E-state index is 13.8. The van der Waals surface area contributed by atoms with E-state index in [2.05, 4.69) is 29.7 Å². The molecule has 1 unspecified atom stereocenters. The van der Waals surface area contributed by atoms with Crippen LogP contribution in [0.25, 0.3) is 17.2 Å². The van der Waals surface area contributed by atoms with Gasteiger partial charge in [-0.2, -0.15) is 5.26 Å². The van der Waals surface area contributed by atoms with E-state index in [9.17, 15) is 10.1 Å². The molecule has 6 nitrogen and oxygen atoms in total. The quantitative estimate of drug-likeness (QED) is 0.567. The fourth-order valence-electron chi connectivity index (χ4n) is 5.59. The molecule has 6 rings (SSSR count). The highest BCUT2D eigenvalue weighted by atomic mass is 32.1. The molecule has 2 aromatic carbocycles. The molecule has 186 valence electrons. The molecule has 1 saturated carbocycles. The number of nitrogens with zero attached hydrogens (tertiary/aromatic N) is 4. The molecule has 3 aromatic rings. The first-order valence-corrected chi connectivity index (χ1v) is 13.6. The second-order valence-corrected chi connectivity index (χ2v) is 11.5. The van der Waals surface area contributed by atoms with Gasteiger partial charge >= 0.3 is 0 Å². The minimum Gasteiger partial charge on any atom is -0.369 e. The molecule has 3 heterocycles. The Labute approximate surface area is 220 Å². The van der Waals surface area contributed by atoms with E-state index in [0.29, 0.717) is 11.5 Å². The van der Waals surface area contributed by atoms with Gasteiger partial charge < -0.3 is 5.73 Å². The average Bonchev–Trinajstić information content (AvgIpc) is 3.57. The van der Waals surface area contributed by atoms with Crippen molar-refractivity contribution >= 4 is 29.3 Å². The molecule has 0 saturated heterocycles. The minimum absolute atomic E-state index is 0.0707. The third-order valence-electron chi connectivity index (χ3n) is 7.88. The van der Waals surface area contributed by atoms with Crippen molar-refractivity contribution in [2.75, 3.05) is 13.6 Å². The van der Waals surface area contributed by atoms with Gasteiger partial charge in [0.1, 0.15) is 5.54 Å². The third kappa shape index (κ3) is 4.25. The van der Waals surface area contributed by atoms with Crippen molar-refractivity contribution in [3.05, 3.63) is 80.5 Å². The van der Waals surface area contributed by atoms with Gasteiger partial charge in [-0.1, -0.05) is 37.1 Å². The number of aliphatic imine (C=N–C) groups is 1. The summed E-state index contributed by atoms with van der Waals surface area (Å²) in [4.78, 5) is 25.9. The van der Waals surface area contributed by atoms with Crippen molar-refractivity contribution in [1.82, 2.24) is 4.90 Å². The van der Waals surface area contributed by atoms with Crippen LogP contribution >= 0.6 is 11.3 Å². The first kappa shape index (κ1) is 23.6. The second kappa shape index (κ2) is 8.97. The molecule has 1 amide bonds. The first-order chi connectivity index (χ1) is 17.9. The molecular formula is C30H29N5OS. The van der Waals surface area contributed by atoms with Crippen LogP contribution in [0.2, 0.25) is 0 Å². The standard InChI is InChI=1S/C30H29N5OS/c1-30(26-14-24(17-37-26)21-5-3-4-19(11-21)15-31)27(28(36)35(2)29(32)34-30)22-8-9-25-23(13-22)12-20(16-33-25)10-18-6-7-18/h3-5,8-9,11-14,17-18,20,27H,6-7,10,16H2,1-2H3,(H2,32,34)/t20?,27-,30-/m1/s1. The van der Waals surface area contributed by atoms with Crippen LogP contribution in [0.4, 0.5) is 0 Å². The number of hydrogen-bond donors (Lipinski definition) is 1. The molecule has 2 aliphatic heterocycles. The Morgan fingerprint density at radius 2 is 2.03 bits per heavy atom. The zero-order valence-electron chi connectivity index (χ0n) is 21.0. The van der Waals surface area contributed by atoms with Crippen LogP contribution in [-0.2, 0) is 10.3 Å². The van der Waals surface area contributed by atoms with Crippen LogP contribution in [0.1, 0.15) is 48.1 Å². The summed E-state index contributed by atoms with van der Waals surface area (Å²) in [5, 5.41) is 13.5. The number of carbonyl (C=O) groups excluding carboxylic acids is 1. The third-order valence-corrected chi connectivity index (χ3v) is 9.04. The summed E-state index contributed by atoms with van der Waals surface area (Å²) in [7, 11) is 1.69. The SMILES string of the molecule is CN1C(=O)[C@@H](c2ccc3c(c2)=CC(CC2CC2)CN=3)[C@@](C)(c2cc(-c3cccc(C#N)c3)cs2)N=C1N. The summed E-state index contributed by atoms with van der Waals surface area (Å²) in [5.41, 5.74) is 8.90. The molecule has 0 radical (unpaired) electrons. The van der Waals surface area contributed by atoms with Crippen LogP contribution in [0, 0.1) is 23.2 Å². The number of carbonyl (C=O) groups is 1. The lowest BCUT2D eigenvalue weighted by molar-refractivity contribution is -0.130. The van der Waals surface area contributed by atoms with E-state index >= 15 is 0 Å². The van der Waals surface area contributed by atoms with E-state index in [-0.39, 0.29) is 11.9 Å². The largest absolute Gasteiger partial charge is 0.369 e. The van der Waals surface area contributed by atoms with Crippen LogP contribution in [0.5, 0.6) is 0 Å². The number of nitriles is 1. The Hall–Kier alpha value is -3.76. The van der Waals surface area contributed by atoms with Crippen molar-refractivity contribution in [3.8, 4) is 17.2 Å². The lowest BCUT2D eigenvalue weighted by Gasteiger charge is -2.40. The van der Waals surface area contributed by atoms with Crippen molar-refractivity contribution in [3.63, 3.8) is 0 Å². The number of thiophene rings is 1. The van der Waals surface area contributed by atoms with E-state index in [1.165, 1.54) is 24.2 Å². The van der Waals surface area contributed by atoms with Gasteiger partial charge in [0.25, 0.3) is 0 Å². The highest BCUT2D eigenvalue weighted by molar-refractivity contribution is 7.10.